The predicted octanol–water partition coefficient (Wildman–Crippen LogP) is 4.85. The van der Waals surface area contributed by atoms with Gasteiger partial charge in [-0.2, -0.15) is 13.2 Å². The summed E-state index contributed by atoms with van der Waals surface area (Å²) in [4.78, 5) is 25.4. The van der Waals surface area contributed by atoms with Crippen LogP contribution in [0.2, 0.25) is 0 Å². The van der Waals surface area contributed by atoms with Gasteiger partial charge in [0.2, 0.25) is 5.91 Å². The molecule has 0 saturated carbocycles. The third kappa shape index (κ3) is 9.21. The Morgan fingerprint density at radius 1 is 0.795 bits per heavy atom. The zero-order valence-corrected chi connectivity index (χ0v) is 20.0. The van der Waals surface area contributed by atoms with Crippen LogP contribution in [0.25, 0.3) is 0 Å². The van der Waals surface area contributed by atoms with Crippen LogP contribution in [0.3, 0.4) is 0 Å². The van der Waals surface area contributed by atoms with Gasteiger partial charge in [0.05, 0.1) is 12.2 Å². The summed E-state index contributed by atoms with van der Waals surface area (Å²) in [6, 6.07) is 13.3. The molecule has 0 saturated heterocycles. The Morgan fingerprint density at radius 2 is 1.33 bits per heavy atom. The van der Waals surface area contributed by atoms with E-state index in [4.69, 9.17) is 9.84 Å². The minimum atomic E-state index is -4.86. The van der Waals surface area contributed by atoms with Gasteiger partial charge in [0, 0.05) is 18.5 Å². The third-order valence-electron chi connectivity index (χ3n) is 5.16. The highest BCUT2D eigenvalue weighted by Gasteiger charge is 2.31. The van der Waals surface area contributed by atoms with Gasteiger partial charge in [0.15, 0.2) is 0 Å². The van der Waals surface area contributed by atoms with Crippen molar-refractivity contribution in [1.29, 1.82) is 0 Å². The van der Waals surface area contributed by atoms with Crippen molar-refractivity contribution in [3.05, 3.63) is 89.5 Å². The molecule has 0 unspecified atom stereocenters. The molecule has 3 aromatic carbocycles. The summed E-state index contributed by atoms with van der Waals surface area (Å²) in [6.07, 6.45) is -9.42. The summed E-state index contributed by atoms with van der Waals surface area (Å²) in [5.74, 6) is -1.35. The lowest BCUT2D eigenvalue weighted by Crippen LogP contribution is -2.48. The number of benzene rings is 3. The second-order valence-electron chi connectivity index (χ2n) is 8.09. The van der Waals surface area contributed by atoms with Crippen LogP contribution in [0.15, 0.2) is 72.8 Å². The molecule has 0 heterocycles. The highest BCUT2D eigenvalue weighted by atomic mass is 19.4. The molecule has 208 valence electrons. The number of aliphatic hydroxyl groups excluding tert-OH is 1. The van der Waals surface area contributed by atoms with Crippen molar-refractivity contribution in [3.63, 3.8) is 0 Å². The quantitative estimate of drug-likeness (QED) is 0.311. The van der Waals surface area contributed by atoms with Gasteiger partial charge >= 0.3 is 12.5 Å². The molecular formula is C26H22F6N2O5. The van der Waals surface area contributed by atoms with Gasteiger partial charge < -0.3 is 25.2 Å². The van der Waals surface area contributed by atoms with Crippen molar-refractivity contribution >= 4 is 11.8 Å². The van der Waals surface area contributed by atoms with Gasteiger partial charge in [-0.1, -0.05) is 12.1 Å². The lowest BCUT2D eigenvalue weighted by molar-refractivity contribution is -0.274. The number of carbonyl (C=O) groups excluding carboxylic acids is 2. The Bertz CT molecular complexity index is 1240. The lowest BCUT2D eigenvalue weighted by Gasteiger charge is -2.19. The number of hydrogen-bond acceptors (Lipinski definition) is 5. The van der Waals surface area contributed by atoms with Crippen LogP contribution in [0.1, 0.15) is 21.5 Å². The van der Waals surface area contributed by atoms with E-state index < -0.39 is 41.7 Å². The Kier molecular flexibility index (Phi) is 9.41. The molecule has 39 heavy (non-hydrogen) atoms. The number of nitrogens with one attached hydrogen (secondary N) is 2. The fourth-order valence-electron chi connectivity index (χ4n) is 3.34. The third-order valence-corrected chi connectivity index (χ3v) is 5.16. The minimum absolute atomic E-state index is 0.0790. The number of amides is 2. The van der Waals surface area contributed by atoms with Gasteiger partial charge in [0.25, 0.3) is 5.91 Å². The van der Waals surface area contributed by atoms with E-state index in [-0.39, 0.29) is 36.6 Å². The van der Waals surface area contributed by atoms with Gasteiger partial charge in [-0.3, -0.25) is 9.59 Å². The maximum atomic E-state index is 12.8. The van der Waals surface area contributed by atoms with E-state index >= 15 is 0 Å². The zero-order chi connectivity index (χ0) is 28.6. The maximum absolute atomic E-state index is 12.8. The molecule has 3 N–H and O–H groups in total. The average Bonchev–Trinajstić information content (AvgIpc) is 2.87. The van der Waals surface area contributed by atoms with Crippen LogP contribution in [0.4, 0.5) is 26.3 Å². The van der Waals surface area contributed by atoms with Crippen LogP contribution in [-0.4, -0.2) is 42.5 Å². The van der Waals surface area contributed by atoms with Crippen LogP contribution in [0.5, 0.6) is 17.2 Å². The smallest absolute Gasteiger partial charge is 0.457 e. The molecule has 3 rings (SSSR count). The lowest BCUT2D eigenvalue weighted by atomic mass is 10.0. The summed E-state index contributed by atoms with van der Waals surface area (Å²) < 4.78 is 84.6. The first-order chi connectivity index (χ1) is 18.3. The number of hydrogen-bond donors (Lipinski definition) is 3. The van der Waals surface area contributed by atoms with Gasteiger partial charge in [-0.25, -0.2) is 0 Å². The molecule has 13 heteroatoms. The Balaban J connectivity index is 1.67. The summed E-state index contributed by atoms with van der Waals surface area (Å²) in [6.45, 7) is -0.435. The first kappa shape index (κ1) is 29.3. The molecule has 0 radical (unpaired) electrons. The summed E-state index contributed by atoms with van der Waals surface area (Å²) >= 11 is 0. The molecule has 0 aromatic heterocycles. The maximum Gasteiger partial charge on any atom is 0.573 e. The largest absolute Gasteiger partial charge is 0.573 e. The molecule has 3 aromatic rings. The molecule has 0 bridgehead atoms. The monoisotopic (exact) mass is 556 g/mol. The van der Waals surface area contributed by atoms with E-state index in [1.807, 2.05) is 0 Å². The summed E-state index contributed by atoms with van der Waals surface area (Å²) in [5, 5.41) is 14.0. The fourth-order valence-corrected chi connectivity index (χ4v) is 3.34. The minimum Gasteiger partial charge on any atom is -0.457 e. The Hall–Kier alpha value is -4.26. The molecule has 0 aliphatic heterocycles. The highest BCUT2D eigenvalue weighted by Crippen LogP contribution is 2.31. The van der Waals surface area contributed by atoms with E-state index in [9.17, 15) is 35.9 Å². The van der Waals surface area contributed by atoms with E-state index in [1.54, 1.807) is 0 Å². The highest BCUT2D eigenvalue weighted by molar-refractivity contribution is 5.97. The second kappa shape index (κ2) is 12.5. The standard InChI is InChI=1S/C26H22F6N2O5/c27-25(28,29)18-5-11-20(12-6-18)38-19-9-3-17(4-10-19)23(36)34-22(24(37)33-13-14-35)15-16-1-7-21(8-2-16)39-26(30,31)32/h1-12,22,35H,13-15H2,(H,33,37)(H,34,36)/t22-/m0/s1. The van der Waals surface area contributed by atoms with E-state index in [2.05, 4.69) is 15.4 Å². The molecule has 0 fully saturated rings. The topological polar surface area (TPSA) is 96.9 Å². The van der Waals surface area contributed by atoms with Crippen LogP contribution < -0.4 is 20.1 Å². The molecule has 2 amide bonds. The van der Waals surface area contributed by atoms with Gasteiger partial charge in [-0.15, -0.1) is 13.2 Å². The van der Waals surface area contributed by atoms with E-state index in [1.165, 1.54) is 36.4 Å². The molecule has 0 aliphatic carbocycles. The van der Waals surface area contributed by atoms with Crippen molar-refractivity contribution in [1.82, 2.24) is 10.6 Å². The summed E-state index contributed by atoms with van der Waals surface area (Å²) in [5.41, 5.74) is -0.275. The number of aliphatic hydroxyl groups is 1. The van der Waals surface area contributed by atoms with Crippen molar-refractivity contribution < 1.29 is 50.5 Å². The van der Waals surface area contributed by atoms with Crippen molar-refractivity contribution in [2.75, 3.05) is 13.2 Å². The molecular weight excluding hydrogens is 534 g/mol. The number of carbonyl (C=O) groups is 2. The first-order valence-corrected chi connectivity index (χ1v) is 11.3. The molecule has 1 atom stereocenters. The van der Waals surface area contributed by atoms with Crippen LogP contribution in [-0.2, 0) is 17.4 Å². The number of alkyl halides is 6. The van der Waals surface area contributed by atoms with Crippen molar-refractivity contribution in [2.24, 2.45) is 0 Å². The number of rotatable bonds is 10. The predicted molar refractivity (Wildman–Crippen MR) is 126 cm³/mol. The van der Waals surface area contributed by atoms with Gasteiger partial charge in [0.1, 0.15) is 23.3 Å². The molecule has 7 nitrogen and oxygen atoms in total. The SMILES string of the molecule is O=C(N[C@@H](Cc1ccc(OC(F)(F)F)cc1)C(=O)NCCO)c1ccc(Oc2ccc(C(F)(F)F)cc2)cc1. The van der Waals surface area contributed by atoms with Gasteiger partial charge in [-0.05, 0) is 66.2 Å². The Labute approximate surface area is 218 Å². The van der Waals surface area contributed by atoms with Crippen LogP contribution in [0, 0.1) is 0 Å². The van der Waals surface area contributed by atoms with Crippen molar-refractivity contribution in [3.8, 4) is 17.2 Å². The molecule has 0 spiro atoms. The van der Waals surface area contributed by atoms with Crippen LogP contribution >= 0.6 is 0 Å². The Morgan fingerprint density at radius 3 is 1.85 bits per heavy atom. The average molecular weight is 556 g/mol. The fraction of sp³-hybridized carbons (Fsp3) is 0.231. The number of halogens is 6. The van der Waals surface area contributed by atoms with E-state index in [0.717, 1.165) is 36.4 Å². The molecule has 0 aliphatic rings. The zero-order valence-electron chi connectivity index (χ0n) is 20.0. The first-order valence-electron chi connectivity index (χ1n) is 11.3. The number of ether oxygens (including phenoxy) is 2. The summed E-state index contributed by atoms with van der Waals surface area (Å²) in [7, 11) is 0. The van der Waals surface area contributed by atoms with Crippen molar-refractivity contribution in [2.45, 2.75) is 25.0 Å². The van der Waals surface area contributed by atoms with E-state index in [0.29, 0.717) is 5.56 Å². The normalized spacial score (nSPS) is 12.4. The second-order valence-corrected chi connectivity index (χ2v) is 8.09.